The summed E-state index contributed by atoms with van der Waals surface area (Å²) in [7, 11) is 0. The summed E-state index contributed by atoms with van der Waals surface area (Å²) in [6.45, 7) is 9.68. The molecule has 1 amide bonds. The maximum atomic E-state index is 12.0. The van der Waals surface area contributed by atoms with Gasteiger partial charge in [0, 0.05) is 16.3 Å². The Bertz CT molecular complexity index is 719. The summed E-state index contributed by atoms with van der Waals surface area (Å²) >= 11 is 1.70. The number of nitrogens with zero attached hydrogens (tertiary/aromatic N) is 1. The maximum absolute atomic E-state index is 12.0. The van der Waals surface area contributed by atoms with E-state index in [2.05, 4.69) is 40.8 Å². The van der Waals surface area contributed by atoms with Crippen LogP contribution in [0.1, 0.15) is 45.9 Å². The minimum atomic E-state index is -0.490. The lowest BCUT2D eigenvalue weighted by atomic mass is 10.0. The number of aromatic amines is 1. The molecule has 0 radical (unpaired) electrons. The molecule has 1 atom stereocenters. The minimum absolute atomic E-state index is 0.0280. The maximum Gasteiger partial charge on any atom is 0.407 e. The topological polar surface area (TPSA) is 67.0 Å². The number of alkyl carbamates (subject to hydrolysis) is 1. The third-order valence-corrected chi connectivity index (χ3v) is 4.36. The number of ether oxygens (including phenoxy) is 1. The number of hydrogen-bond donors (Lipinski definition) is 2. The molecule has 5 nitrogen and oxygen atoms in total. The van der Waals surface area contributed by atoms with Gasteiger partial charge in [0.05, 0.1) is 11.2 Å². The Morgan fingerprint density at radius 1 is 1.42 bits per heavy atom. The third kappa shape index (κ3) is 4.66. The normalized spacial score (nSPS) is 13.1. The van der Waals surface area contributed by atoms with E-state index in [4.69, 9.17) is 4.74 Å². The fraction of sp³-hybridized carbons (Fsp3) is 0.556. The number of aryl methyl sites for hydroxylation is 1. The van der Waals surface area contributed by atoms with Crippen LogP contribution in [0.2, 0.25) is 0 Å². The van der Waals surface area contributed by atoms with Crippen LogP contribution in [-0.4, -0.2) is 34.2 Å². The summed E-state index contributed by atoms with van der Waals surface area (Å²) in [4.78, 5) is 13.2. The van der Waals surface area contributed by atoms with Gasteiger partial charge in [0.1, 0.15) is 5.60 Å². The summed E-state index contributed by atoms with van der Waals surface area (Å²) in [5.74, 6) is 0. The lowest BCUT2D eigenvalue weighted by Gasteiger charge is -2.22. The molecule has 1 heterocycles. The molecule has 0 bridgehead atoms. The summed E-state index contributed by atoms with van der Waals surface area (Å²) in [5, 5.41) is 11.6. The zero-order chi connectivity index (χ0) is 17.9. The molecular weight excluding hydrogens is 322 g/mol. The Kier molecular flexibility index (Phi) is 5.80. The number of aromatic nitrogens is 2. The molecule has 0 spiro atoms. The van der Waals surface area contributed by atoms with E-state index < -0.39 is 5.60 Å². The SMILES string of the molecule is CCc1n[nH]c2cc(SC)cc(C[C@H](C)NC(=O)OC(C)(C)C)c12. The number of carbonyl (C=O) groups excluding carboxylic acids is 1. The van der Waals surface area contributed by atoms with Crippen LogP contribution in [0.3, 0.4) is 0 Å². The molecular formula is C18H27N3O2S. The van der Waals surface area contributed by atoms with E-state index in [-0.39, 0.29) is 12.1 Å². The zero-order valence-corrected chi connectivity index (χ0v) is 16.1. The summed E-state index contributed by atoms with van der Waals surface area (Å²) < 4.78 is 5.34. The first-order valence-corrected chi connectivity index (χ1v) is 9.49. The highest BCUT2D eigenvalue weighted by Crippen LogP contribution is 2.28. The Balaban J connectivity index is 2.21. The van der Waals surface area contributed by atoms with E-state index in [1.807, 2.05) is 27.7 Å². The Morgan fingerprint density at radius 2 is 2.12 bits per heavy atom. The van der Waals surface area contributed by atoms with Crippen LogP contribution >= 0.6 is 11.8 Å². The van der Waals surface area contributed by atoms with Crippen LogP contribution in [0.15, 0.2) is 17.0 Å². The van der Waals surface area contributed by atoms with Crippen molar-refractivity contribution in [2.45, 2.75) is 64.0 Å². The molecule has 2 N–H and O–H groups in total. The molecule has 0 fully saturated rings. The number of amides is 1. The van der Waals surface area contributed by atoms with Crippen LogP contribution in [0, 0.1) is 0 Å². The number of fused-ring (bicyclic) bond motifs is 1. The van der Waals surface area contributed by atoms with E-state index in [1.54, 1.807) is 11.8 Å². The molecule has 0 aliphatic carbocycles. The second-order valence-electron chi connectivity index (χ2n) is 6.98. The summed E-state index contributed by atoms with van der Waals surface area (Å²) in [6.07, 6.45) is 3.29. The van der Waals surface area contributed by atoms with Crippen molar-refractivity contribution < 1.29 is 9.53 Å². The van der Waals surface area contributed by atoms with E-state index in [1.165, 1.54) is 15.8 Å². The van der Waals surface area contributed by atoms with Crippen LogP contribution in [-0.2, 0) is 17.6 Å². The molecule has 6 heteroatoms. The number of thioether (sulfide) groups is 1. The predicted molar refractivity (Wildman–Crippen MR) is 99.8 cm³/mol. The second kappa shape index (κ2) is 7.47. The molecule has 0 unspecified atom stereocenters. The number of H-pyrrole nitrogens is 1. The number of carbonyl (C=O) groups is 1. The highest BCUT2D eigenvalue weighted by molar-refractivity contribution is 7.98. The van der Waals surface area contributed by atoms with Gasteiger partial charge in [-0.15, -0.1) is 11.8 Å². The molecule has 0 saturated carbocycles. The van der Waals surface area contributed by atoms with Crippen molar-refractivity contribution >= 4 is 28.8 Å². The Hall–Kier alpha value is -1.69. The summed E-state index contributed by atoms with van der Waals surface area (Å²) in [6, 6.07) is 4.29. The molecule has 0 saturated heterocycles. The number of rotatable bonds is 5. The smallest absolute Gasteiger partial charge is 0.407 e. The standard InChI is InChI=1S/C18H27N3O2S/c1-7-14-16-12(9-13(24-6)10-15(16)21-20-14)8-11(2)19-17(22)23-18(3,4)5/h9-11H,7-8H2,1-6H3,(H,19,22)(H,20,21)/t11-/m0/s1. The van der Waals surface area contributed by atoms with Crippen molar-refractivity contribution in [2.75, 3.05) is 6.26 Å². The molecule has 2 aromatic rings. The van der Waals surface area contributed by atoms with E-state index in [0.29, 0.717) is 0 Å². The lowest BCUT2D eigenvalue weighted by Crippen LogP contribution is -2.38. The average Bonchev–Trinajstić information content (AvgIpc) is 2.87. The fourth-order valence-electron chi connectivity index (χ4n) is 2.71. The van der Waals surface area contributed by atoms with Gasteiger partial charge in [-0.25, -0.2) is 4.79 Å². The zero-order valence-electron chi connectivity index (χ0n) is 15.3. The van der Waals surface area contributed by atoms with Crippen LogP contribution in [0.5, 0.6) is 0 Å². The van der Waals surface area contributed by atoms with Crippen molar-refractivity contribution in [3.63, 3.8) is 0 Å². The van der Waals surface area contributed by atoms with Crippen molar-refractivity contribution in [3.05, 3.63) is 23.4 Å². The summed E-state index contributed by atoms with van der Waals surface area (Å²) in [5.41, 5.74) is 2.83. The average molecular weight is 350 g/mol. The van der Waals surface area contributed by atoms with Gasteiger partial charge in [-0.1, -0.05) is 6.92 Å². The van der Waals surface area contributed by atoms with Crippen molar-refractivity contribution in [2.24, 2.45) is 0 Å². The monoisotopic (exact) mass is 349 g/mol. The second-order valence-corrected chi connectivity index (χ2v) is 7.86. The van der Waals surface area contributed by atoms with Gasteiger partial charge in [-0.2, -0.15) is 5.10 Å². The van der Waals surface area contributed by atoms with Gasteiger partial charge in [0.25, 0.3) is 0 Å². The van der Waals surface area contributed by atoms with Crippen molar-refractivity contribution in [1.29, 1.82) is 0 Å². The molecule has 2 rings (SSSR count). The highest BCUT2D eigenvalue weighted by atomic mass is 32.2. The molecule has 1 aromatic carbocycles. The molecule has 132 valence electrons. The fourth-order valence-corrected chi connectivity index (χ4v) is 3.21. The highest BCUT2D eigenvalue weighted by Gasteiger charge is 2.19. The van der Waals surface area contributed by atoms with Gasteiger partial charge in [-0.05, 0) is 64.5 Å². The van der Waals surface area contributed by atoms with Gasteiger partial charge in [-0.3, -0.25) is 5.10 Å². The Morgan fingerprint density at radius 3 is 2.71 bits per heavy atom. The van der Waals surface area contributed by atoms with Crippen LogP contribution in [0.4, 0.5) is 4.79 Å². The third-order valence-electron chi connectivity index (χ3n) is 3.65. The van der Waals surface area contributed by atoms with Crippen molar-refractivity contribution in [1.82, 2.24) is 15.5 Å². The number of benzene rings is 1. The molecule has 0 aliphatic heterocycles. The molecule has 24 heavy (non-hydrogen) atoms. The first kappa shape index (κ1) is 18.6. The predicted octanol–water partition coefficient (Wildman–Crippen LogP) is 4.30. The van der Waals surface area contributed by atoms with Gasteiger partial charge >= 0.3 is 6.09 Å². The molecule has 0 aliphatic rings. The largest absolute Gasteiger partial charge is 0.444 e. The number of nitrogens with one attached hydrogen (secondary N) is 2. The van der Waals surface area contributed by atoms with E-state index in [0.717, 1.165) is 24.1 Å². The molecule has 1 aromatic heterocycles. The quantitative estimate of drug-likeness (QED) is 0.790. The van der Waals surface area contributed by atoms with Gasteiger partial charge < -0.3 is 10.1 Å². The first-order chi connectivity index (χ1) is 11.2. The minimum Gasteiger partial charge on any atom is -0.444 e. The number of hydrogen-bond acceptors (Lipinski definition) is 4. The van der Waals surface area contributed by atoms with Crippen molar-refractivity contribution in [3.8, 4) is 0 Å². The van der Waals surface area contributed by atoms with Gasteiger partial charge in [0.15, 0.2) is 0 Å². The van der Waals surface area contributed by atoms with Crippen LogP contribution in [0.25, 0.3) is 10.9 Å². The lowest BCUT2D eigenvalue weighted by molar-refractivity contribution is 0.0508. The van der Waals surface area contributed by atoms with E-state index >= 15 is 0 Å². The first-order valence-electron chi connectivity index (χ1n) is 8.27. The van der Waals surface area contributed by atoms with Crippen LogP contribution < -0.4 is 5.32 Å². The van der Waals surface area contributed by atoms with E-state index in [9.17, 15) is 4.79 Å². The Labute approximate surface area is 147 Å². The van der Waals surface area contributed by atoms with Gasteiger partial charge in [0.2, 0.25) is 0 Å².